The summed E-state index contributed by atoms with van der Waals surface area (Å²) in [5.74, 6) is -0.0354. The van der Waals surface area contributed by atoms with Crippen molar-refractivity contribution in [2.45, 2.75) is 17.9 Å². The summed E-state index contributed by atoms with van der Waals surface area (Å²) in [5, 5.41) is 18.0. The zero-order valence-corrected chi connectivity index (χ0v) is 17.9. The minimum Gasteiger partial charge on any atom is -0.421 e. The number of anilines is 1. The molecule has 1 aliphatic carbocycles. The van der Waals surface area contributed by atoms with Crippen LogP contribution in [0, 0.1) is 10.1 Å². The maximum atomic E-state index is 13.2. The van der Waals surface area contributed by atoms with Gasteiger partial charge in [0.15, 0.2) is 0 Å². The Morgan fingerprint density at radius 2 is 1.59 bits per heavy atom. The molecule has 3 atom stereocenters. The summed E-state index contributed by atoms with van der Waals surface area (Å²) in [5.41, 5.74) is 4.95. The zero-order chi connectivity index (χ0) is 23.0. The summed E-state index contributed by atoms with van der Waals surface area (Å²) in [7, 11) is 0. The van der Waals surface area contributed by atoms with Gasteiger partial charge in [-0.25, -0.2) is 4.79 Å². The summed E-state index contributed by atoms with van der Waals surface area (Å²) in [4.78, 5) is 24.0. The van der Waals surface area contributed by atoms with Gasteiger partial charge in [-0.05, 0) is 33.5 Å². The Kier molecular flexibility index (Phi) is 3.80. The quantitative estimate of drug-likeness (QED) is 0.197. The molecule has 1 N–H and O–H groups in total. The third-order valence-corrected chi connectivity index (χ3v) is 7.31. The zero-order valence-electron chi connectivity index (χ0n) is 17.9. The molecule has 0 bridgehead atoms. The first kappa shape index (κ1) is 19.1. The number of hydrogen-bond acceptors (Lipinski definition) is 5. The van der Waals surface area contributed by atoms with Gasteiger partial charge >= 0.3 is 5.63 Å². The molecule has 0 amide bonds. The lowest BCUT2D eigenvalue weighted by Gasteiger charge is -2.38. The third kappa shape index (κ3) is 2.48. The number of para-hydroxylation sites is 1. The minimum atomic E-state index is -0.401. The van der Waals surface area contributed by atoms with Crippen LogP contribution in [0.15, 0.2) is 94.1 Å². The minimum absolute atomic E-state index is 0.0141. The Morgan fingerprint density at radius 3 is 2.35 bits per heavy atom. The average Bonchev–Trinajstić information content (AvgIpc) is 3.20. The van der Waals surface area contributed by atoms with Crippen molar-refractivity contribution in [1.29, 1.82) is 0 Å². The maximum Gasteiger partial charge on any atom is 0.360 e. The molecule has 6 heteroatoms. The highest BCUT2D eigenvalue weighted by molar-refractivity contribution is 5.96. The number of non-ortho nitro benzene ring substituents is 1. The molecule has 0 unspecified atom stereocenters. The van der Waals surface area contributed by atoms with E-state index in [0.717, 1.165) is 16.5 Å². The molecule has 164 valence electrons. The van der Waals surface area contributed by atoms with Gasteiger partial charge < -0.3 is 9.73 Å². The Bertz CT molecular complexity index is 1700. The lowest BCUT2D eigenvalue weighted by molar-refractivity contribution is -0.384. The van der Waals surface area contributed by atoms with Crippen LogP contribution in [-0.2, 0) is 0 Å². The largest absolute Gasteiger partial charge is 0.421 e. The standard InChI is InChI=1S/C28H18N2O4/c31-28-27-24(18-7-1-2-10-21(18)34-28)23-19-8-3-5-15-6-4-9-20(22(15)19)25(23)26(29-27)16-11-13-17(14-12-16)30(32)33/h1-14,23,25-26,29H/t23-,25-,26-/m1/s1. The first-order valence-electron chi connectivity index (χ1n) is 11.2. The van der Waals surface area contributed by atoms with Crippen molar-refractivity contribution in [1.82, 2.24) is 0 Å². The second-order valence-corrected chi connectivity index (χ2v) is 8.94. The molecule has 1 aliphatic heterocycles. The van der Waals surface area contributed by atoms with Crippen LogP contribution in [0.3, 0.4) is 0 Å². The summed E-state index contributed by atoms with van der Waals surface area (Å²) >= 11 is 0. The van der Waals surface area contributed by atoms with E-state index in [1.165, 1.54) is 34.0 Å². The lowest BCUT2D eigenvalue weighted by Crippen LogP contribution is -2.32. The number of nitrogens with zero attached hydrogens (tertiary/aromatic N) is 1. The van der Waals surface area contributed by atoms with Gasteiger partial charge in [0.2, 0.25) is 0 Å². The molecule has 1 aromatic heterocycles. The number of fused-ring (bicyclic) bond motifs is 7. The van der Waals surface area contributed by atoms with Gasteiger partial charge in [-0.1, -0.05) is 66.7 Å². The van der Waals surface area contributed by atoms with Crippen LogP contribution in [0.2, 0.25) is 0 Å². The number of benzene rings is 4. The third-order valence-electron chi connectivity index (χ3n) is 7.31. The van der Waals surface area contributed by atoms with Gasteiger partial charge in [0, 0.05) is 34.9 Å². The van der Waals surface area contributed by atoms with E-state index in [1.807, 2.05) is 24.3 Å². The van der Waals surface area contributed by atoms with Gasteiger partial charge in [0.05, 0.1) is 11.0 Å². The number of nitro groups is 1. The van der Waals surface area contributed by atoms with Crippen molar-refractivity contribution in [3.8, 4) is 0 Å². The van der Waals surface area contributed by atoms with Crippen LogP contribution in [0.1, 0.15) is 40.1 Å². The number of nitrogens with one attached hydrogen (secondary N) is 1. The first-order chi connectivity index (χ1) is 16.6. The van der Waals surface area contributed by atoms with Crippen molar-refractivity contribution in [2.75, 3.05) is 5.32 Å². The van der Waals surface area contributed by atoms with E-state index in [0.29, 0.717) is 11.3 Å². The molecule has 0 saturated heterocycles. The van der Waals surface area contributed by atoms with Crippen LogP contribution < -0.4 is 10.9 Å². The molecule has 0 spiro atoms. The van der Waals surface area contributed by atoms with E-state index in [2.05, 4.69) is 41.7 Å². The monoisotopic (exact) mass is 446 g/mol. The summed E-state index contributed by atoms with van der Waals surface area (Å²) in [6.45, 7) is 0. The van der Waals surface area contributed by atoms with Gasteiger partial charge in [-0.15, -0.1) is 0 Å². The predicted molar refractivity (Wildman–Crippen MR) is 130 cm³/mol. The normalized spacial score (nSPS) is 20.1. The van der Waals surface area contributed by atoms with Gasteiger partial charge in [-0.2, -0.15) is 0 Å². The fourth-order valence-corrected chi connectivity index (χ4v) is 5.99. The molecule has 2 aliphatic rings. The SMILES string of the molecule is O=c1oc2ccccc2c2c1N[C@H](c1ccc([N+](=O)[O-])cc1)[C@@H]1c3cccc4cccc(c34)[C@H]21. The molecule has 4 aromatic carbocycles. The van der Waals surface area contributed by atoms with Crippen molar-refractivity contribution in [3.63, 3.8) is 0 Å². The van der Waals surface area contributed by atoms with E-state index in [1.54, 1.807) is 12.1 Å². The molecular weight excluding hydrogens is 428 g/mol. The van der Waals surface area contributed by atoms with E-state index in [-0.39, 0.29) is 23.6 Å². The van der Waals surface area contributed by atoms with Crippen LogP contribution in [0.5, 0.6) is 0 Å². The second-order valence-electron chi connectivity index (χ2n) is 8.94. The number of hydrogen-bond donors (Lipinski definition) is 1. The Labute approximate surface area is 193 Å². The van der Waals surface area contributed by atoms with Crippen LogP contribution in [0.4, 0.5) is 11.4 Å². The van der Waals surface area contributed by atoms with Crippen molar-refractivity contribution < 1.29 is 9.34 Å². The number of rotatable bonds is 2. The second kappa shape index (κ2) is 6.78. The molecule has 5 aromatic rings. The Hall–Kier alpha value is -4.45. The maximum absolute atomic E-state index is 13.2. The highest BCUT2D eigenvalue weighted by Crippen LogP contribution is 2.59. The predicted octanol–water partition coefficient (Wildman–Crippen LogP) is 6.25. The molecule has 7 rings (SSSR count). The van der Waals surface area contributed by atoms with E-state index >= 15 is 0 Å². The Balaban J connectivity index is 1.55. The summed E-state index contributed by atoms with van der Waals surface area (Å²) in [6.07, 6.45) is 0. The number of nitro benzene ring substituents is 1. The Morgan fingerprint density at radius 1 is 0.853 bits per heavy atom. The molecule has 0 radical (unpaired) electrons. The molecular formula is C28H18N2O4. The van der Waals surface area contributed by atoms with Gasteiger partial charge in [0.1, 0.15) is 11.3 Å². The van der Waals surface area contributed by atoms with E-state index in [9.17, 15) is 14.9 Å². The first-order valence-corrected chi connectivity index (χ1v) is 11.2. The smallest absolute Gasteiger partial charge is 0.360 e. The van der Waals surface area contributed by atoms with Crippen molar-refractivity contribution in [2.24, 2.45) is 0 Å². The fourth-order valence-electron chi connectivity index (χ4n) is 5.99. The molecule has 34 heavy (non-hydrogen) atoms. The summed E-state index contributed by atoms with van der Waals surface area (Å²) < 4.78 is 5.69. The highest BCUT2D eigenvalue weighted by atomic mass is 16.6. The fraction of sp³-hybridized carbons (Fsp3) is 0.107. The van der Waals surface area contributed by atoms with E-state index in [4.69, 9.17) is 4.42 Å². The average molecular weight is 446 g/mol. The lowest BCUT2D eigenvalue weighted by atomic mass is 9.73. The summed E-state index contributed by atoms with van der Waals surface area (Å²) in [6, 6.07) is 26.7. The molecule has 2 heterocycles. The van der Waals surface area contributed by atoms with E-state index < -0.39 is 10.5 Å². The van der Waals surface area contributed by atoms with Gasteiger partial charge in [-0.3, -0.25) is 10.1 Å². The van der Waals surface area contributed by atoms with Crippen LogP contribution in [0.25, 0.3) is 21.7 Å². The van der Waals surface area contributed by atoms with Crippen LogP contribution >= 0.6 is 0 Å². The van der Waals surface area contributed by atoms with Gasteiger partial charge in [0.25, 0.3) is 5.69 Å². The van der Waals surface area contributed by atoms with Crippen molar-refractivity contribution in [3.05, 3.63) is 128 Å². The highest BCUT2D eigenvalue weighted by Gasteiger charge is 2.46. The molecule has 6 nitrogen and oxygen atoms in total. The topological polar surface area (TPSA) is 85.4 Å². The van der Waals surface area contributed by atoms with Crippen LogP contribution in [-0.4, -0.2) is 4.92 Å². The molecule has 0 saturated carbocycles. The van der Waals surface area contributed by atoms with Crippen molar-refractivity contribution >= 4 is 33.1 Å². The molecule has 0 fully saturated rings.